The summed E-state index contributed by atoms with van der Waals surface area (Å²) in [4.78, 5) is 13.5. The number of likely N-dealkylation sites (N-methyl/N-ethyl adjacent to an activating group) is 1. The van der Waals surface area contributed by atoms with Crippen LogP contribution in [0.15, 0.2) is 24.3 Å². The summed E-state index contributed by atoms with van der Waals surface area (Å²) in [5.74, 6) is -0.834. The van der Waals surface area contributed by atoms with Gasteiger partial charge in [0, 0.05) is 12.6 Å². The minimum atomic E-state index is -0.834. The van der Waals surface area contributed by atoms with Crippen molar-refractivity contribution in [2.24, 2.45) is 0 Å². The monoisotopic (exact) mass is 277 g/mol. The van der Waals surface area contributed by atoms with Crippen molar-refractivity contribution in [3.8, 4) is 0 Å². The summed E-state index contributed by atoms with van der Waals surface area (Å²) in [6.07, 6.45) is 5.82. The first-order valence-corrected chi connectivity index (χ1v) is 7.57. The lowest BCUT2D eigenvalue weighted by Crippen LogP contribution is -2.31. The molecule has 0 spiro atoms. The Bertz CT molecular complexity index is 417. The summed E-state index contributed by atoms with van der Waals surface area (Å²) in [7, 11) is 2.12. The largest absolute Gasteiger partial charge is 0.478 e. The van der Waals surface area contributed by atoms with Crippen LogP contribution >= 0.6 is 0 Å². The summed E-state index contributed by atoms with van der Waals surface area (Å²) < 4.78 is 0. The third kappa shape index (κ3) is 5.33. The molecule has 3 nitrogen and oxygen atoms in total. The second-order valence-electron chi connectivity index (χ2n) is 5.54. The van der Waals surface area contributed by atoms with Crippen LogP contribution in [0.1, 0.15) is 55.5 Å². The van der Waals surface area contributed by atoms with Crippen molar-refractivity contribution in [3.05, 3.63) is 35.4 Å². The van der Waals surface area contributed by atoms with Gasteiger partial charge in [0.05, 0.1) is 5.56 Å². The Morgan fingerprint density at radius 3 is 2.65 bits per heavy atom. The Morgan fingerprint density at radius 2 is 2.00 bits per heavy atom. The molecule has 0 aliphatic rings. The van der Waals surface area contributed by atoms with Crippen LogP contribution in [0.4, 0.5) is 0 Å². The number of carboxylic acids is 1. The van der Waals surface area contributed by atoms with Gasteiger partial charge in [0.15, 0.2) is 0 Å². The lowest BCUT2D eigenvalue weighted by atomic mass is 10.0. The van der Waals surface area contributed by atoms with E-state index in [0.717, 1.165) is 18.5 Å². The van der Waals surface area contributed by atoms with Crippen molar-refractivity contribution in [2.45, 2.75) is 52.0 Å². The molecule has 1 aromatic rings. The fraction of sp³-hybridized carbons (Fsp3) is 0.588. The van der Waals surface area contributed by atoms with E-state index < -0.39 is 5.97 Å². The number of hydrogen-bond donors (Lipinski definition) is 1. The van der Waals surface area contributed by atoms with Crippen molar-refractivity contribution in [1.82, 2.24) is 4.90 Å². The van der Waals surface area contributed by atoms with Gasteiger partial charge in [-0.15, -0.1) is 0 Å². The minimum Gasteiger partial charge on any atom is -0.478 e. The van der Waals surface area contributed by atoms with E-state index in [-0.39, 0.29) is 0 Å². The Labute approximate surface area is 122 Å². The van der Waals surface area contributed by atoms with Crippen LogP contribution in [0.3, 0.4) is 0 Å². The average molecular weight is 277 g/mol. The van der Waals surface area contributed by atoms with Crippen molar-refractivity contribution in [1.29, 1.82) is 0 Å². The van der Waals surface area contributed by atoms with Gasteiger partial charge in [-0.05, 0) is 38.4 Å². The highest BCUT2D eigenvalue weighted by Crippen LogP contribution is 2.12. The highest BCUT2D eigenvalue weighted by molar-refractivity contribution is 5.89. The number of carbonyl (C=O) groups is 1. The standard InChI is InChI=1S/C17H27NO2/c1-4-5-6-9-14(2)18(3)13-12-15-10-7-8-11-16(15)17(19)20/h7-8,10-11,14H,4-6,9,12-13H2,1-3H3,(H,19,20). The predicted octanol–water partition coefficient (Wildman–Crippen LogP) is 3.83. The third-order valence-corrected chi connectivity index (χ3v) is 3.96. The highest BCUT2D eigenvalue weighted by Gasteiger charge is 2.12. The van der Waals surface area contributed by atoms with Gasteiger partial charge in [0.1, 0.15) is 0 Å². The zero-order valence-corrected chi connectivity index (χ0v) is 12.9. The quantitative estimate of drug-likeness (QED) is 0.697. The second kappa shape index (κ2) is 8.75. The summed E-state index contributed by atoms with van der Waals surface area (Å²) in [6.45, 7) is 5.37. The van der Waals surface area contributed by atoms with Crippen LogP contribution in [0.2, 0.25) is 0 Å². The number of rotatable bonds is 9. The number of hydrogen-bond acceptors (Lipinski definition) is 2. The van der Waals surface area contributed by atoms with Crippen molar-refractivity contribution >= 4 is 5.97 Å². The highest BCUT2D eigenvalue weighted by atomic mass is 16.4. The van der Waals surface area contributed by atoms with Crippen LogP contribution in [0.5, 0.6) is 0 Å². The molecule has 0 heterocycles. The normalized spacial score (nSPS) is 12.6. The molecule has 1 N–H and O–H groups in total. The molecule has 1 atom stereocenters. The van der Waals surface area contributed by atoms with Crippen molar-refractivity contribution in [3.63, 3.8) is 0 Å². The molecule has 0 amide bonds. The number of nitrogens with zero attached hydrogens (tertiary/aromatic N) is 1. The van der Waals surface area contributed by atoms with Gasteiger partial charge in [-0.25, -0.2) is 4.79 Å². The second-order valence-corrected chi connectivity index (χ2v) is 5.54. The number of benzene rings is 1. The molecule has 0 saturated carbocycles. The SMILES string of the molecule is CCCCCC(C)N(C)CCc1ccccc1C(=O)O. The smallest absolute Gasteiger partial charge is 0.335 e. The van der Waals surface area contributed by atoms with E-state index in [1.807, 2.05) is 12.1 Å². The van der Waals surface area contributed by atoms with Crippen LogP contribution in [0, 0.1) is 0 Å². The lowest BCUT2D eigenvalue weighted by Gasteiger charge is -2.25. The molecule has 0 fully saturated rings. The molecule has 0 aliphatic carbocycles. The molecule has 112 valence electrons. The first kappa shape index (κ1) is 16.7. The molecular formula is C17H27NO2. The topological polar surface area (TPSA) is 40.5 Å². The Kier molecular flexibility index (Phi) is 7.31. The van der Waals surface area contributed by atoms with E-state index in [2.05, 4.69) is 25.8 Å². The fourth-order valence-electron chi connectivity index (χ4n) is 2.37. The summed E-state index contributed by atoms with van der Waals surface area (Å²) in [6, 6.07) is 7.84. The van der Waals surface area contributed by atoms with Gasteiger partial charge >= 0.3 is 5.97 Å². The Balaban J connectivity index is 2.48. The average Bonchev–Trinajstić information content (AvgIpc) is 2.45. The molecule has 0 aromatic heterocycles. The van der Waals surface area contributed by atoms with E-state index in [4.69, 9.17) is 5.11 Å². The van der Waals surface area contributed by atoms with Crippen LogP contribution in [0.25, 0.3) is 0 Å². The van der Waals surface area contributed by atoms with Gasteiger partial charge in [-0.1, -0.05) is 44.4 Å². The van der Waals surface area contributed by atoms with E-state index in [0.29, 0.717) is 11.6 Å². The number of aromatic carboxylic acids is 1. The van der Waals surface area contributed by atoms with E-state index in [9.17, 15) is 4.79 Å². The van der Waals surface area contributed by atoms with Gasteiger partial charge < -0.3 is 10.0 Å². The van der Waals surface area contributed by atoms with Crippen LogP contribution in [-0.2, 0) is 6.42 Å². The maximum absolute atomic E-state index is 11.2. The summed E-state index contributed by atoms with van der Waals surface area (Å²) in [5, 5.41) is 9.17. The van der Waals surface area contributed by atoms with Crippen molar-refractivity contribution < 1.29 is 9.90 Å². The maximum Gasteiger partial charge on any atom is 0.335 e. The molecule has 0 bridgehead atoms. The molecule has 20 heavy (non-hydrogen) atoms. The fourth-order valence-corrected chi connectivity index (χ4v) is 2.37. The molecular weight excluding hydrogens is 250 g/mol. The zero-order chi connectivity index (χ0) is 15.0. The number of carboxylic acid groups (broad SMARTS) is 1. The molecule has 0 saturated heterocycles. The van der Waals surface area contributed by atoms with Crippen LogP contribution < -0.4 is 0 Å². The third-order valence-electron chi connectivity index (χ3n) is 3.96. The number of unbranched alkanes of at least 4 members (excludes halogenated alkanes) is 2. The van der Waals surface area contributed by atoms with E-state index in [1.165, 1.54) is 25.7 Å². The summed E-state index contributed by atoms with van der Waals surface area (Å²) >= 11 is 0. The molecule has 1 unspecified atom stereocenters. The minimum absolute atomic E-state index is 0.430. The Morgan fingerprint density at radius 1 is 1.30 bits per heavy atom. The van der Waals surface area contributed by atoms with E-state index >= 15 is 0 Å². The maximum atomic E-state index is 11.2. The molecule has 0 radical (unpaired) electrons. The van der Waals surface area contributed by atoms with Gasteiger partial charge in [0.2, 0.25) is 0 Å². The van der Waals surface area contributed by atoms with Gasteiger partial charge in [0.25, 0.3) is 0 Å². The first-order chi connectivity index (χ1) is 9.56. The van der Waals surface area contributed by atoms with Crippen molar-refractivity contribution in [2.75, 3.05) is 13.6 Å². The van der Waals surface area contributed by atoms with Gasteiger partial charge in [-0.2, -0.15) is 0 Å². The van der Waals surface area contributed by atoms with Crippen LogP contribution in [-0.4, -0.2) is 35.6 Å². The first-order valence-electron chi connectivity index (χ1n) is 7.57. The van der Waals surface area contributed by atoms with E-state index in [1.54, 1.807) is 12.1 Å². The zero-order valence-electron chi connectivity index (χ0n) is 12.9. The molecule has 1 rings (SSSR count). The van der Waals surface area contributed by atoms with Gasteiger partial charge in [-0.3, -0.25) is 0 Å². The summed E-state index contributed by atoms with van der Waals surface area (Å²) in [5.41, 5.74) is 1.35. The molecule has 0 aliphatic heterocycles. The Hall–Kier alpha value is -1.35. The molecule has 1 aromatic carbocycles. The lowest BCUT2D eigenvalue weighted by molar-refractivity contribution is 0.0695. The molecule has 3 heteroatoms. The predicted molar refractivity (Wildman–Crippen MR) is 83.3 cm³/mol.